The van der Waals surface area contributed by atoms with Crippen LogP contribution in [0.4, 0.5) is 5.69 Å². The monoisotopic (exact) mass is 311 g/mol. The first-order chi connectivity index (χ1) is 9.85. The van der Waals surface area contributed by atoms with E-state index in [4.69, 9.17) is 0 Å². The number of amides is 2. The fraction of sp³-hybridized carbons (Fsp3) is 0.385. The van der Waals surface area contributed by atoms with E-state index in [-0.39, 0.29) is 23.1 Å². The smallest absolute Gasteiger partial charge is 0.251 e. The van der Waals surface area contributed by atoms with Crippen LogP contribution in [-0.2, 0) is 19.6 Å². The summed E-state index contributed by atoms with van der Waals surface area (Å²) in [6.07, 6.45) is 0.104. The first kappa shape index (κ1) is 15.5. The van der Waals surface area contributed by atoms with Crippen molar-refractivity contribution >= 4 is 27.5 Å². The van der Waals surface area contributed by atoms with Crippen molar-refractivity contribution in [2.75, 3.05) is 18.9 Å². The zero-order chi connectivity index (χ0) is 15.6. The number of sulfonamides is 1. The Labute approximate surface area is 123 Å². The fourth-order valence-electron chi connectivity index (χ4n) is 2.07. The Morgan fingerprint density at radius 2 is 1.86 bits per heavy atom. The van der Waals surface area contributed by atoms with E-state index in [1.807, 2.05) is 0 Å². The van der Waals surface area contributed by atoms with Gasteiger partial charge >= 0.3 is 0 Å². The van der Waals surface area contributed by atoms with E-state index >= 15 is 0 Å². The molecule has 0 spiro atoms. The first-order valence-corrected chi connectivity index (χ1v) is 8.00. The Morgan fingerprint density at radius 1 is 1.24 bits per heavy atom. The Balaban J connectivity index is 2.10. The Hall–Kier alpha value is -1.93. The summed E-state index contributed by atoms with van der Waals surface area (Å²) in [6.45, 7) is 2.01. The molecule has 8 heteroatoms. The Morgan fingerprint density at radius 3 is 2.33 bits per heavy atom. The summed E-state index contributed by atoms with van der Waals surface area (Å²) in [5.74, 6) is -0.520. The summed E-state index contributed by atoms with van der Waals surface area (Å²) in [4.78, 5) is 24.4. The number of likely N-dealkylation sites (tertiary alicyclic amines) is 1. The Bertz CT molecular complexity index is 654. The zero-order valence-corrected chi connectivity index (χ0v) is 12.6. The third kappa shape index (κ3) is 3.22. The molecule has 1 atom stereocenters. The zero-order valence-electron chi connectivity index (χ0n) is 11.8. The highest BCUT2D eigenvalue weighted by molar-refractivity contribution is 7.89. The van der Waals surface area contributed by atoms with Crippen LogP contribution in [0.1, 0.15) is 13.3 Å². The van der Waals surface area contributed by atoms with Crippen molar-refractivity contribution in [3.8, 4) is 0 Å². The minimum Gasteiger partial charge on any atom is -0.373 e. The highest BCUT2D eigenvalue weighted by Crippen LogP contribution is 2.19. The number of hydrogen-bond acceptors (Lipinski definition) is 5. The summed E-state index contributed by atoms with van der Waals surface area (Å²) in [6, 6.07) is 5.44. The molecule has 0 bridgehead atoms. The van der Waals surface area contributed by atoms with Crippen LogP contribution in [0.5, 0.6) is 0 Å². The quantitative estimate of drug-likeness (QED) is 0.755. The maximum absolute atomic E-state index is 11.8. The van der Waals surface area contributed by atoms with E-state index in [1.165, 1.54) is 19.2 Å². The summed E-state index contributed by atoms with van der Waals surface area (Å²) >= 11 is 0. The average molecular weight is 311 g/mol. The van der Waals surface area contributed by atoms with Crippen LogP contribution in [0.2, 0.25) is 0 Å². The molecule has 0 radical (unpaired) electrons. The van der Waals surface area contributed by atoms with Gasteiger partial charge in [0, 0.05) is 19.3 Å². The van der Waals surface area contributed by atoms with Crippen LogP contribution in [0.15, 0.2) is 29.2 Å². The van der Waals surface area contributed by atoms with E-state index in [1.54, 1.807) is 19.1 Å². The van der Waals surface area contributed by atoms with Crippen LogP contribution >= 0.6 is 0 Å². The van der Waals surface area contributed by atoms with E-state index < -0.39 is 16.1 Å². The number of anilines is 1. The molecule has 0 aliphatic carbocycles. The van der Waals surface area contributed by atoms with Gasteiger partial charge in [-0.05, 0) is 24.3 Å². The third-order valence-corrected chi connectivity index (χ3v) is 4.78. The molecule has 2 rings (SSSR count). The van der Waals surface area contributed by atoms with Gasteiger partial charge in [-0.2, -0.15) is 0 Å². The number of carbonyl (C=O) groups is 2. The maximum atomic E-state index is 11.8. The van der Waals surface area contributed by atoms with Crippen molar-refractivity contribution < 1.29 is 18.0 Å². The lowest BCUT2D eigenvalue weighted by Crippen LogP contribution is -2.31. The predicted molar refractivity (Wildman–Crippen MR) is 77.1 cm³/mol. The fourth-order valence-corrected chi connectivity index (χ4v) is 3.11. The maximum Gasteiger partial charge on any atom is 0.251 e. The largest absolute Gasteiger partial charge is 0.373 e. The molecule has 1 aromatic carbocycles. The van der Waals surface area contributed by atoms with Crippen molar-refractivity contribution in [3.63, 3.8) is 0 Å². The molecule has 0 aromatic heterocycles. The molecule has 1 aliphatic heterocycles. The highest BCUT2D eigenvalue weighted by Gasteiger charge is 2.35. The number of rotatable bonds is 5. The molecule has 1 aromatic rings. The lowest BCUT2D eigenvalue weighted by molar-refractivity contribution is -0.136. The topological polar surface area (TPSA) is 95.6 Å². The molecule has 1 unspecified atom stereocenters. The normalized spacial score (nSPS) is 19.1. The van der Waals surface area contributed by atoms with Gasteiger partial charge in [-0.1, -0.05) is 6.92 Å². The van der Waals surface area contributed by atoms with Gasteiger partial charge < -0.3 is 5.32 Å². The van der Waals surface area contributed by atoms with Crippen molar-refractivity contribution in [1.29, 1.82) is 0 Å². The van der Waals surface area contributed by atoms with E-state index in [0.717, 1.165) is 4.90 Å². The van der Waals surface area contributed by atoms with Crippen LogP contribution in [-0.4, -0.2) is 44.8 Å². The van der Waals surface area contributed by atoms with Gasteiger partial charge in [-0.15, -0.1) is 0 Å². The van der Waals surface area contributed by atoms with E-state index in [2.05, 4.69) is 10.0 Å². The van der Waals surface area contributed by atoms with Crippen LogP contribution in [0.25, 0.3) is 0 Å². The first-order valence-electron chi connectivity index (χ1n) is 6.52. The molecule has 1 fully saturated rings. The lowest BCUT2D eigenvalue weighted by atomic mass is 10.2. The second kappa shape index (κ2) is 5.82. The molecule has 2 N–H and O–H groups in total. The van der Waals surface area contributed by atoms with Gasteiger partial charge in [0.15, 0.2) is 0 Å². The van der Waals surface area contributed by atoms with Gasteiger partial charge in [0.1, 0.15) is 6.04 Å². The number of nitrogens with one attached hydrogen (secondary N) is 2. The lowest BCUT2D eigenvalue weighted by Gasteiger charge is -2.13. The van der Waals surface area contributed by atoms with Crippen molar-refractivity contribution in [3.05, 3.63) is 24.3 Å². The average Bonchev–Trinajstić information content (AvgIpc) is 2.67. The van der Waals surface area contributed by atoms with Gasteiger partial charge in [0.25, 0.3) is 5.91 Å². The molecule has 1 aliphatic rings. The molecule has 2 amide bonds. The summed E-state index contributed by atoms with van der Waals surface area (Å²) in [5, 5.41) is 2.93. The number of likely N-dealkylation sites (N-methyl/N-ethyl adjacent to an activating group) is 1. The molecule has 7 nitrogen and oxygen atoms in total. The summed E-state index contributed by atoms with van der Waals surface area (Å²) in [5.41, 5.74) is 0.590. The van der Waals surface area contributed by atoms with Crippen LogP contribution < -0.4 is 10.0 Å². The number of benzene rings is 1. The minimum absolute atomic E-state index is 0.104. The molecule has 1 saturated heterocycles. The Kier molecular flexibility index (Phi) is 4.29. The SMILES string of the molecule is CCNS(=O)(=O)c1ccc(NC2CC(=O)N(C)C2=O)cc1. The molecular weight excluding hydrogens is 294 g/mol. The van der Waals surface area contributed by atoms with Gasteiger partial charge in [0.2, 0.25) is 15.9 Å². The molecular formula is C13H17N3O4S. The van der Waals surface area contributed by atoms with Crippen molar-refractivity contribution in [2.24, 2.45) is 0 Å². The molecule has 21 heavy (non-hydrogen) atoms. The van der Waals surface area contributed by atoms with Crippen LogP contribution in [0.3, 0.4) is 0 Å². The van der Waals surface area contributed by atoms with Crippen molar-refractivity contribution in [1.82, 2.24) is 9.62 Å². The predicted octanol–water partition coefficient (Wildman–Crippen LogP) is 0.154. The standard InChI is InChI=1S/C13H17N3O4S/c1-3-14-21(19,20)10-6-4-9(5-7-10)15-11-8-12(17)16(2)13(11)18/h4-7,11,14-15H,3,8H2,1-2H3. The van der Waals surface area contributed by atoms with Gasteiger partial charge in [0.05, 0.1) is 11.3 Å². The number of nitrogens with zero attached hydrogens (tertiary/aromatic N) is 1. The van der Waals surface area contributed by atoms with E-state index in [9.17, 15) is 18.0 Å². The van der Waals surface area contributed by atoms with Crippen molar-refractivity contribution in [2.45, 2.75) is 24.3 Å². The molecule has 0 saturated carbocycles. The second-order valence-corrected chi connectivity index (χ2v) is 6.48. The molecule has 1 heterocycles. The summed E-state index contributed by atoms with van der Waals surface area (Å²) < 4.78 is 26.0. The number of carbonyl (C=O) groups excluding carboxylic acids is 2. The highest BCUT2D eigenvalue weighted by atomic mass is 32.2. The third-order valence-electron chi connectivity index (χ3n) is 3.22. The van der Waals surface area contributed by atoms with Gasteiger partial charge in [-0.3, -0.25) is 14.5 Å². The molecule has 114 valence electrons. The van der Waals surface area contributed by atoms with E-state index in [0.29, 0.717) is 12.2 Å². The number of hydrogen-bond donors (Lipinski definition) is 2. The number of imide groups is 1. The minimum atomic E-state index is -3.49. The van der Waals surface area contributed by atoms with Crippen LogP contribution in [0, 0.1) is 0 Å². The second-order valence-electron chi connectivity index (χ2n) is 4.72. The van der Waals surface area contributed by atoms with Gasteiger partial charge in [-0.25, -0.2) is 13.1 Å². The summed E-state index contributed by atoms with van der Waals surface area (Å²) in [7, 11) is -2.05.